The summed E-state index contributed by atoms with van der Waals surface area (Å²) in [5.74, 6) is -3.59. The highest BCUT2D eigenvalue weighted by Crippen LogP contribution is 2.40. The monoisotopic (exact) mass is 630 g/mol. The number of rotatable bonds is 4. The van der Waals surface area contributed by atoms with E-state index >= 15 is 0 Å². The fourth-order valence-electron chi connectivity index (χ4n) is 5.87. The third-order valence-electron chi connectivity index (χ3n) is 8.01. The second-order valence-electron chi connectivity index (χ2n) is 10.7. The lowest BCUT2D eigenvalue weighted by molar-refractivity contribution is -0.192. The predicted octanol–water partition coefficient (Wildman–Crippen LogP) is 5.46. The van der Waals surface area contributed by atoms with Crippen molar-refractivity contribution in [2.45, 2.75) is 25.1 Å². The first-order chi connectivity index (χ1) is 22.0. The summed E-state index contributed by atoms with van der Waals surface area (Å²) in [7, 11) is 0. The maximum Gasteiger partial charge on any atom is 0.490 e. The zero-order valence-electron chi connectivity index (χ0n) is 24.0. The minimum atomic E-state index is -5.08. The minimum absolute atomic E-state index is 0.0113. The van der Waals surface area contributed by atoms with Crippen LogP contribution in [0, 0.1) is 0 Å². The van der Waals surface area contributed by atoms with Gasteiger partial charge in [-0.15, -0.1) is 0 Å². The Morgan fingerprint density at radius 2 is 1.46 bits per heavy atom. The first-order valence-electron chi connectivity index (χ1n) is 14.2. The number of likely N-dealkylation sites (tertiary alicyclic amines) is 1. The van der Waals surface area contributed by atoms with Gasteiger partial charge in [-0.25, -0.2) is 4.79 Å². The molecule has 0 atom stereocenters. The SMILES string of the molecule is O=C(O)C(F)(F)F.O=C1NC(=O)C(c2cn(C3CCN(C(=O)c4ccncc4)CC3)c3ccccc23)=C1c1coc2ccccc12. The number of carbonyl (C=O) groups is 4. The average molecular weight is 631 g/mol. The molecule has 234 valence electrons. The lowest BCUT2D eigenvalue weighted by Crippen LogP contribution is -2.39. The molecule has 2 aliphatic rings. The van der Waals surface area contributed by atoms with Gasteiger partial charge in [0.05, 0.1) is 17.4 Å². The van der Waals surface area contributed by atoms with Gasteiger partial charge < -0.3 is 19.0 Å². The number of fused-ring (bicyclic) bond motifs is 2. The van der Waals surface area contributed by atoms with Crippen LogP contribution in [0.2, 0.25) is 0 Å². The number of benzene rings is 2. The van der Waals surface area contributed by atoms with E-state index in [-0.39, 0.29) is 11.9 Å². The molecule has 0 spiro atoms. The summed E-state index contributed by atoms with van der Waals surface area (Å²) in [6.45, 7) is 1.25. The van der Waals surface area contributed by atoms with Gasteiger partial charge in [-0.05, 0) is 37.1 Å². The Morgan fingerprint density at radius 1 is 0.870 bits per heavy atom. The summed E-state index contributed by atoms with van der Waals surface area (Å²) in [4.78, 5) is 54.0. The van der Waals surface area contributed by atoms with E-state index in [0.29, 0.717) is 46.5 Å². The molecule has 5 aromatic rings. The van der Waals surface area contributed by atoms with Crippen molar-refractivity contribution in [3.8, 4) is 0 Å². The van der Waals surface area contributed by atoms with Gasteiger partial charge in [0.2, 0.25) is 0 Å². The molecule has 0 unspecified atom stereocenters. The van der Waals surface area contributed by atoms with Gasteiger partial charge in [0.15, 0.2) is 0 Å². The molecule has 3 aromatic heterocycles. The number of alkyl halides is 3. The van der Waals surface area contributed by atoms with Crippen LogP contribution in [0.5, 0.6) is 0 Å². The van der Waals surface area contributed by atoms with Gasteiger partial charge in [0.1, 0.15) is 5.58 Å². The van der Waals surface area contributed by atoms with Crippen LogP contribution in [0.3, 0.4) is 0 Å². The maximum atomic E-state index is 13.2. The number of aromatic nitrogens is 2. The molecule has 2 aromatic carbocycles. The maximum absolute atomic E-state index is 13.2. The molecular formula is C33H25F3N4O6. The van der Waals surface area contributed by atoms with Crippen LogP contribution in [0.15, 0.2) is 89.9 Å². The molecule has 7 rings (SSSR count). The summed E-state index contributed by atoms with van der Waals surface area (Å²) in [6.07, 6.45) is 3.27. The zero-order valence-corrected chi connectivity index (χ0v) is 24.0. The van der Waals surface area contributed by atoms with Crippen molar-refractivity contribution in [2.24, 2.45) is 0 Å². The van der Waals surface area contributed by atoms with Gasteiger partial charge in [-0.1, -0.05) is 36.4 Å². The first-order valence-corrected chi connectivity index (χ1v) is 14.2. The van der Waals surface area contributed by atoms with Crippen molar-refractivity contribution in [3.63, 3.8) is 0 Å². The van der Waals surface area contributed by atoms with Crippen LogP contribution in [0.4, 0.5) is 13.2 Å². The van der Waals surface area contributed by atoms with Crippen LogP contribution in [-0.4, -0.2) is 62.5 Å². The Morgan fingerprint density at radius 3 is 2.11 bits per heavy atom. The Bertz CT molecular complexity index is 2020. The Balaban J connectivity index is 0.000000480. The summed E-state index contributed by atoms with van der Waals surface area (Å²) in [5.41, 5.74) is 4.27. The number of hydrogen-bond donors (Lipinski definition) is 2. The number of carbonyl (C=O) groups excluding carboxylic acids is 3. The molecule has 1 saturated heterocycles. The lowest BCUT2D eigenvalue weighted by atomic mass is 9.95. The number of carboxylic acids is 1. The molecule has 0 bridgehead atoms. The van der Waals surface area contributed by atoms with E-state index < -0.39 is 24.0 Å². The van der Waals surface area contributed by atoms with Crippen LogP contribution in [0.1, 0.15) is 40.4 Å². The number of nitrogens with zero attached hydrogens (tertiary/aromatic N) is 3. The number of nitrogens with one attached hydrogen (secondary N) is 1. The Kier molecular flexibility index (Phi) is 7.90. The van der Waals surface area contributed by atoms with Crippen molar-refractivity contribution in [1.82, 2.24) is 19.8 Å². The quantitative estimate of drug-likeness (QED) is 0.252. The molecule has 10 nitrogen and oxygen atoms in total. The Hall–Kier alpha value is -5.72. The number of piperidine rings is 1. The molecule has 0 saturated carbocycles. The lowest BCUT2D eigenvalue weighted by Gasteiger charge is -2.33. The molecule has 13 heteroatoms. The van der Waals surface area contributed by atoms with Crippen LogP contribution in [0.25, 0.3) is 33.0 Å². The normalized spacial score (nSPS) is 15.7. The molecule has 0 aliphatic carbocycles. The van der Waals surface area contributed by atoms with Crippen molar-refractivity contribution >= 4 is 56.7 Å². The highest BCUT2D eigenvalue weighted by atomic mass is 19.4. The van der Waals surface area contributed by atoms with E-state index in [2.05, 4.69) is 14.9 Å². The second-order valence-corrected chi connectivity index (χ2v) is 10.7. The molecule has 2 aliphatic heterocycles. The van der Waals surface area contributed by atoms with Gasteiger partial charge in [-0.2, -0.15) is 13.2 Å². The van der Waals surface area contributed by atoms with E-state index in [1.165, 1.54) is 0 Å². The highest BCUT2D eigenvalue weighted by Gasteiger charge is 2.38. The number of carboxylic acid groups (broad SMARTS) is 1. The minimum Gasteiger partial charge on any atom is -0.475 e. The van der Waals surface area contributed by atoms with Crippen molar-refractivity contribution in [3.05, 3.63) is 102 Å². The molecule has 5 heterocycles. The summed E-state index contributed by atoms with van der Waals surface area (Å²) in [6, 6.07) is 19.0. The Labute approximate surface area is 258 Å². The molecule has 1 fully saturated rings. The van der Waals surface area contributed by atoms with Gasteiger partial charge in [0, 0.05) is 70.7 Å². The zero-order chi connectivity index (χ0) is 32.6. The predicted molar refractivity (Wildman–Crippen MR) is 160 cm³/mol. The number of aliphatic carboxylic acids is 1. The number of furan rings is 1. The molecule has 46 heavy (non-hydrogen) atoms. The number of halogens is 3. The van der Waals surface area contributed by atoms with Crippen molar-refractivity contribution in [1.29, 1.82) is 0 Å². The smallest absolute Gasteiger partial charge is 0.475 e. The van der Waals surface area contributed by atoms with E-state index in [1.54, 1.807) is 30.8 Å². The number of hydrogen-bond acceptors (Lipinski definition) is 6. The standard InChI is InChI=1S/C31H24N4O4.C2HF3O2/c36-29-27(28(30(37)33-29)24-18-39-26-8-4-2-6-22(24)26)23-17-35(25-7-3-1-5-21(23)25)20-11-15-34(16-12-20)31(38)19-9-13-32-14-10-19;3-2(4,5)1(6)7/h1-10,13-14,17-18,20H,11-12,15-16H2,(H,33,36,37);(H,6,7). The van der Waals surface area contributed by atoms with Gasteiger partial charge in [0.25, 0.3) is 17.7 Å². The van der Waals surface area contributed by atoms with E-state index in [4.69, 9.17) is 14.3 Å². The topological polar surface area (TPSA) is 135 Å². The van der Waals surface area contributed by atoms with Crippen LogP contribution >= 0.6 is 0 Å². The molecular weight excluding hydrogens is 605 g/mol. The first kappa shape index (κ1) is 30.3. The van der Waals surface area contributed by atoms with Crippen molar-refractivity contribution < 1.29 is 41.9 Å². The molecule has 2 N–H and O–H groups in total. The number of para-hydroxylation sites is 2. The fraction of sp³-hybridized carbons (Fsp3) is 0.182. The summed E-state index contributed by atoms with van der Waals surface area (Å²) in [5, 5.41) is 11.3. The van der Waals surface area contributed by atoms with E-state index in [1.807, 2.05) is 59.6 Å². The van der Waals surface area contributed by atoms with E-state index in [0.717, 1.165) is 29.1 Å². The summed E-state index contributed by atoms with van der Waals surface area (Å²) >= 11 is 0. The van der Waals surface area contributed by atoms with E-state index in [9.17, 15) is 27.6 Å². The molecule has 0 radical (unpaired) electrons. The number of amides is 3. The molecule has 3 amide bonds. The third kappa shape index (κ3) is 5.62. The second kappa shape index (κ2) is 12.0. The average Bonchev–Trinajstić information content (AvgIpc) is 3.73. The summed E-state index contributed by atoms with van der Waals surface area (Å²) < 4.78 is 39.6. The van der Waals surface area contributed by atoms with Crippen molar-refractivity contribution in [2.75, 3.05) is 13.1 Å². The van der Waals surface area contributed by atoms with Gasteiger partial charge in [-0.3, -0.25) is 24.7 Å². The third-order valence-corrected chi connectivity index (χ3v) is 8.01. The number of pyridine rings is 1. The largest absolute Gasteiger partial charge is 0.490 e. The van der Waals surface area contributed by atoms with Gasteiger partial charge >= 0.3 is 12.1 Å². The fourth-order valence-corrected chi connectivity index (χ4v) is 5.87. The highest BCUT2D eigenvalue weighted by molar-refractivity contribution is 6.50. The van der Waals surface area contributed by atoms with Crippen LogP contribution < -0.4 is 5.32 Å². The van der Waals surface area contributed by atoms with Crippen LogP contribution in [-0.2, 0) is 14.4 Å². The number of imide groups is 1.